The first-order valence-electron chi connectivity index (χ1n) is 6.07. The van der Waals surface area contributed by atoms with E-state index < -0.39 is 17.4 Å². The van der Waals surface area contributed by atoms with Crippen LogP contribution < -0.4 is 0 Å². The van der Waals surface area contributed by atoms with Crippen LogP contribution in [0.4, 0.5) is 0 Å². The first-order valence-corrected chi connectivity index (χ1v) is 6.61. The van der Waals surface area contributed by atoms with E-state index in [0.29, 0.717) is 18.7 Å². The first kappa shape index (κ1) is 15.8. The third-order valence-corrected chi connectivity index (χ3v) is 3.82. The van der Waals surface area contributed by atoms with Crippen molar-refractivity contribution in [1.29, 1.82) is 0 Å². The standard InChI is InChI=1S/C14H19ClO4/c1-4-10-8-14(12(16)18-2,13(17)19-3)9-11(10)6-5-7-15/h4-6,10-11H,1,7-9H2,2-3H3/b6-5+/t10-,11-/m0/s1. The highest BCUT2D eigenvalue weighted by molar-refractivity contribution is 6.18. The van der Waals surface area contributed by atoms with Crippen LogP contribution in [0.25, 0.3) is 0 Å². The van der Waals surface area contributed by atoms with Crippen molar-refractivity contribution in [3.8, 4) is 0 Å². The maximum absolute atomic E-state index is 12.0. The molecule has 106 valence electrons. The van der Waals surface area contributed by atoms with Gasteiger partial charge in [-0.05, 0) is 24.7 Å². The number of hydrogen-bond acceptors (Lipinski definition) is 4. The molecule has 0 bridgehead atoms. The molecule has 1 fully saturated rings. The fourth-order valence-corrected chi connectivity index (χ4v) is 2.80. The Hall–Kier alpha value is -1.29. The molecule has 2 atom stereocenters. The zero-order chi connectivity index (χ0) is 14.5. The molecule has 4 nitrogen and oxygen atoms in total. The van der Waals surface area contributed by atoms with Crippen LogP contribution in [0, 0.1) is 17.3 Å². The smallest absolute Gasteiger partial charge is 0.323 e. The summed E-state index contributed by atoms with van der Waals surface area (Å²) in [6, 6.07) is 0. The van der Waals surface area contributed by atoms with Gasteiger partial charge in [-0.3, -0.25) is 9.59 Å². The molecule has 0 unspecified atom stereocenters. The number of ether oxygens (including phenoxy) is 2. The van der Waals surface area contributed by atoms with Gasteiger partial charge in [-0.1, -0.05) is 18.2 Å². The molecule has 1 aliphatic rings. The lowest BCUT2D eigenvalue weighted by Crippen LogP contribution is -2.39. The fraction of sp³-hybridized carbons (Fsp3) is 0.571. The number of alkyl halides is 1. The number of carbonyl (C=O) groups is 2. The Labute approximate surface area is 118 Å². The van der Waals surface area contributed by atoms with Crippen LogP contribution in [0.5, 0.6) is 0 Å². The summed E-state index contributed by atoms with van der Waals surface area (Å²) in [6.07, 6.45) is 6.21. The second kappa shape index (κ2) is 6.75. The van der Waals surface area contributed by atoms with Gasteiger partial charge in [0, 0.05) is 5.88 Å². The van der Waals surface area contributed by atoms with Crippen LogP contribution >= 0.6 is 11.6 Å². The van der Waals surface area contributed by atoms with E-state index in [1.165, 1.54) is 14.2 Å². The van der Waals surface area contributed by atoms with Crippen LogP contribution in [-0.2, 0) is 19.1 Å². The van der Waals surface area contributed by atoms with Gasteiger partial charge in [0.1, 0.15) is 0 Å². The number of allylic oxidation sites excluding steroid dienone is 3. The molecule has 19 heavy (non-hydrogen) atoms. The maximum Gasteiger partial charge on any atom is 0.323 e. The highest BCUT2D eigenvalue weighted by Crippen LogP contribution is 2.48. The quantitative estimate of drug-likeness (QED) is 0.337. The summed E-state index contributed by atoms with van der Waals surface area (Å²) >= 11 is 5.63. The first-order chi connectivity index (χ1) is 9.05. The van der Waals surface area contributed by atoms with Crippen molar-refractivity contribution < 1.29 is 19.1 Å². The van der Waals surface area contributed by atoms with Crippen molar-refractivity contribution in [2.75, 3.05) is 20.1 Å². The number of methoxy groups -OCH3 is 2. The Kier molecular flexibility index (Phi) is 5.60. The SMILES string of the molecule is C=C[C@H]1CC(C(=O)OC)(C(=O)OC)C[C@@H]1/C=C/CCl. The van der Waals surface area contributed by atoms with E-state index in [9.17, 15) is 9.59 Å². The van der Waals surface area contributed by atoms with E-state index in [0.717, 1.165) is 0 Å². The zero-order valence-corrected chi connectivity index (χ0v) is 12.0. The summed E-state index contributed by atoms with van der Waals surface area (Å²) in [5, 5.41) is 0. The summed E-state index contributed by atoms with van der Waals surface area (Å²) < 4.78 is 9.56. The average Bonchev–Trinajstić information content (AvgIpc) is 2.83. The minimum atomic E-state index is -1.23. The largest absolute Gasteiger partial charge is 0.468 e. The van der Waals surface area contributed by atoms with Gasteiger partial charge >= 0.3 is 11.9 Å². The van der Waals surface area contributed by atoms with E-state index >= 15 is 0 Å². The van der Waals surface area contributed by atoms with Crippen molar-refractivity contribution in [3.05, 3.63) is 24.8 Å². The Balaban J connectivity index is 3.08. The number of carbonyl (C=O) groups excluding carboxylic acids is 2. The highest BCUT2D eigenvalue weighted by atomic mass is 35.5. The van der Waals surface area contributed by atoms with Crippen molar-refractivity contribution in [2.45, 2.75) is 12.8 Å². The van der Waals surface area contributed by atoms with Gasteiger partial charge in [-0.2, -0.15) is 0 Å². The van der Waals surface area contributed by atoms with E-state index in [4.69, 9.17) is 21.1 Å². The van der Waals surface area contributed by atoms with Crippen molar-refractivity contribution in [3.63, 3.8) is 0 Å². The van der Waals surface area contributed by atoms with Gasteiger partial charge in [0.2, 0.25) is 0 Å². The third-order valence-electron chi connectivity index (χ3n) is 3.65. The molecule has 1 aliphatic carbocycles. The van der Waals surface area contributed by atoms with Gasteiger partial charge in [0.05, 0.1) is 14.2 Å². The summed E-state index contributed by atoms with van der Waals surface area (Å²) in [5.74, 6) is -0.642. The predicted octanol–water partition coefficient (Wildman–Crippen LogP) is 2.33. The van der Waals surface area contributed by atoms with Gasteiger partial charge in [0.25, 0.3) is 0 Å². The van der Waals surface area contributed by atoms with Gasteiger partial charge in [-0.25, -0.2) is 0 Å². The van der Waals surface area contributed by atoms with Crippen LogP contribution in [0.15, 0.2) is 24.8 Å². The van der Waals surface area contributed by atoms with Crippen molar-refractivity contribution in [1.82, 2.24) is 0 Å². The molecule has 0 radical (unpaired) electrons. The number of halogens is 1. The monoisotopic (exact) mass is 286 g/mol. The lowest BCUT2D eigenvalue weighted by Gasteiger charge is -2.22. The van der Waals surface area contributed by atoms with Crippen LogP contribution in [0.3, 0.4) is 0 Å². The Morgan fingerprint density at radius 2 is 1.79 bits per heavy atom. The van der Waals surface area contributed by atoms with E-state index in [-0.39, 0.29) is 11.8 Å². The fourth-order valence-electron chi connectivity index (χ4n) is 2.69. The minimum absolute atomic E-state index is 0.0256. The Morgan fingerprint density at radius 1 is 1.26 bits per heavy atom. The summed E-state index contributed by atoms with van der Waals surface area (Å²) in [4.78, 5) is 24.0. The second-order valence-corrected chi connectivity index (χ2v) is 4.93. The van der Waals surface area contributed by atoms with Crippen LogP contribution in [0.1, 0.15) is 12.8 Å². The normalized spacial score (nSPS) is 25.2. The van der Waals surface area contributed by atoms with Crippen LogP contribution in [0.2, 0.25) is 0 Å². The van der Waals surface area contributed by atoms with E-state index in [1.54, 1.807) is 6.08 Å². The van der Waals surface area contributed by atoms with Crippen molar-refractivity contribution >= 4 is 23.5 Å². The summed E-state index contributed by atoms with van der Waals surface area (Å²) in [5.41, 5.74) is -1.23. The number of hydrogen-bond donors (Lipinski definition) is 0. The van der Waals surface area contributed by atoms with Gasteiger partial charge in [-0.15, -0.1) is 18.2 Å². The molecule has 0 aromatic carbocycles. The number of rotatable bonds is 5. The Morgan fingerprint density at radius 3 is 2.21 bits per heavy atom. The predicted molar refractivity (Wildman–Crippen MR) is 72.7 cm³/mol. The number of esters is 2. The van der Waals surface area contributed by atoms with Crippen molar-refractivity contribution in [2.24, 2.45) is 17.3 Å². The highest BCUT2D eigenvalue weighted by Gasteiger charge is 2.55. The minimum Gasteiger partial charge on any atom is -0.468 e. The average molecular weight is 287 g/mol. The molecule has 0 amide bonds. The van der Waals surface area contributed by atoms with Crippen LogP contribution in [-0.4, -0.2) is 32.0 Å². The van der Waals surface area contributed by atoms with E-state index in [2.05, 4.69) is 6.58 Å². The molecular formula is C14H19ClO4. The molecule has 0 aromatic heterocycles. The molecule has 0 aliphatic heterocycles. The molecule has 0 heterocycles. The topological polar surface area (TPSA) is 52.6 Å². The second-order valence-electron chi connectivity index (χ2n) is 4.62. The van der Waals surface area contributed by atoms with Gasteiger partial charge in [0.15, 0.2) is 5.41 Å². The summed E-state index contributed by atoms with van der Waals surface area (Å²) in [7, 11) is 2.55. The molecule has 0 aromatic rings. The van der Waals surface area contributed by atoms with E-state index in [1.807, 2.05) is 12.2 Å². The lowest BCUT2D eigenvalue weighted by atomic mass is 9.85. The molecule has 0 spiro atoms. The van der Waals surface area contributed by atoms with Gasteiger partial charge < -0.3 is 9.47 Å². The third kappa shape index (κ3) is 3.00. The molecule has 0 saturated heterocycles. The molecule has 0 N–H and O–H groups in total. The Bertz CT molecular complexity index is 373. The lowest BCUT2D eigenvalue weighted by molar-refractivity contribution is -0.168. The zero-order valence-electron chi connectivity index (χ0n) is 11.2. The maximum atomic E-state index is 12.0. The molecular weight excluding hydrogens is 268 g/mol. The molecule has 5 heteroatoms. The molecule has 1 rings (SSSR count). The summed E-state index contributed by atoms with van der Waals surface area (Å²) in [6.45, 7) is 3.77. The molecule has 1 saturated carbocycles.